The van der Waals surface area contributed by atoms with Crippen molar-refractivity contribution in [3.8, 4) is 0 Å². The molecule has 27 heavy (non-hydrogen) atoms. The first kappa shape index (κ1) is 19.9. The van der Waals surface area contributed by atoms with E-state index >= 15 is 0 Å². The summed E-state index contributed by atoms with van der Waals surface area (Å²) in [6.07, 6.45) is -0.310. The Labute approximate surface area is 166 Å². The number of benzene rings is 2. The molecule has 1 heterocycles. The van der Waals surface area contributed by atoms with Gasteiger partial charge in [0.25, 0.3) is 0 Å². The molecule has 0 saturated carbocycles. The number of halogens is 1. The van der Waals surface area contributed by atoms with Gasteiger partial charge in [-0.15, -0.1) is 0 Å². The number of aliphatic hydroxyl groups is 1. The lowest BCUT2D eigenvalue weighted by molar-refractivity contribution is 0.191. The summed E-state index contributed by atoms with van der Waals surface area (Å²) in [4.78, 5) is 0. The van der Waals surface area contributed by atoms with E-state index in [1.165, 1.54) is 22.2 Å². The van der Waals surface area contributed by atoms with E-state index in [0.717, 1.165) is 36.8 Å². The molecule has 0 spiro atoms. The molecular weight excluding hydrogens is 358 g/mol. The van der Waals surface area contributed by atoms with Crippen LogP contribution in [-0.2, 0) is 13.1 Å². The van der Waals surface area contributed by atoms with E-state index in [0.29, 0.717) is 6.54 Å². The molecule has 1 atom stereocenters. The van der Waals surface area contributed by atoms with Crippen LogP contribution in [-0.4, -0.2) is 35.4 Å². The molecule has 0 aliphatic rings. The molecule has 0 amide bonds. The summed E-state index contributed by atoms with van der Waals surface area (Å²) in [5.41, 5.74) is 4.96. The van der Waals surface area contributed by atoms with Crippen molar-refractivity contribution in [1.29, 1.82) is 0 Å². The van der Waals surface area contributed by atoms with Gasteiger partial charge in [0.15, 0.2) is 0 Å². The lowest BCUT2D eigenvalue weighted by Gasteiger charge is -2.11. The Balaban J connectivity index is 1.76. The van der Waals surface area contributed by atoms with Crippen molar-refractivity contribution in [2.24, 2.45) is 0 Å². The van der Waals surface area contributed by atoms with Crippen LogP contribution in [0.25, 0.3) is 10.9 Å². The average molecular weight is 386 g/mol. The molecule has 3 N–H and O–H groups in total. The molecule has 2 aromatic carbocycles. The highest BCUT2D eigenvalue weighted by molar-refractivity contribution is 6.31. The van der Waals surface area contributed by atoms with E-state index in [1.54, 1.807) is 6.92 Å². The average Bonchev–Trinajstić information content (AvgIpc) is 2.91. The quantitative estimate of drug-likeness (QED) is 0.492. The van der Waals surface area contributed by atoms with Gasteiger partial charge >= 0.3 is 0 Å². The van der Waals surface area contributed by atoms with Crippen LogP contribution in [0.1, 0.15) is 23.7 Å². The van der Waals surface area contributed by atoms with Crippen molar-refractivity contribution in [3.63, 3.8) is 0 Å². The number of hydrogen-bond donors (Lipinski definition) is 3. The van der Waals surface area contributed by atoms with Gasteiger partial charge in [-0.2, -0.15) is 0 Å². The molecule has 0 aliphatic heterocycles. The zero-order chi connectivity index (χ0) is 19.2. The minimum absolute atomic E-state index is 0.310. The molecule has 0 saturated heterocycles. The third-order valence-corrected chi connectivity index (χ3v) is 5.24. The van der Waals surface area contributed by atoms with Gasteiger partial charge in [0.2, 0.25) is 0 Å². The second-order valence-corrected chi connectivity index (χ2v) is 7.40. The fourth-order valence-electron chi connectivity index (χ4n) is 3.43. The number of nitrogens with one attached hydrogen (secondary N) is 2. The van der Waals surface area contributed by atoms with E-state index in [2.05, 4.69) is 52.5 Å². The molecule has 144 valence electrons. The van der Waals surface area contributed by atoms with Crippen LogP contribution >= 0.6 is 11.6 Å². The lowest BCUT2D eigenvalue weighted by Crippen LogP contribution is -2.31. The van der Waals surface area contributed by atoms with Crippen LogP contribution in [0, 0.1) is 6.92 Å². The maximum absolute atomic E-state index is 9.29. The first-order valence-corrected chi connectivity index (χ1v) is 9.85. The maximum Gasteiger partial charge on any atom is 0.0636 e. The molecule has 0 radical (unpaired) electrons. The largest absolute Gasteiger partial charge is 0.392 e. The normalized spacial score (nSPS) is 12.6. The SMILES string of the molecule is Cc1c(CNCCNCC(C)O)c2ccccc2n1Cc1ccccc1Cl. The summed E-state index contributed by atoms with van der Waals surface area (Å²) in [5.74, 6) is 0. The highest BCUT2D eigenvalue weighted by Gasteiger charge is 2.14. The highest BCUT2D eigenvalue weighted by atomic mass is 35.5. The number of nitrogens with zero attached hydrogens (tertiary/aromatic N) is 1. The van der Waals surface area contributed by atoms with Crippen molar-refractivity contribution in [2.75, 3.05) is 19.6 Å². The topological polar surface area (TPSA) is 49.2 Å². The van der Waals surface area contributed by atoms with E-state index < -0.39 is 0 Å². The Morgan fingerprint density at radius 2 is 1.74 bits per heavy atom. The highest BCUT2D eigenvalue weighted by Crippen LogP contribution is 2.28. The monoisotopic (exact) mass is 385 g/mol. The predicted octanol–water partition coefficient (Wildman–Crippen LogP) is 3.71. The zero-order valence-electron chi connectivity index (χ0n) is 16.0. The van der Waals surface area contributed by atoms with Crippen molar-refractivity contribution in [1.82, 2.24) is 15.2 Å². The van der Waals surface area contributed by atoms with Crippen LogP contribution in [0.2, 0.25) is 5.02 Å². The van der Waals surface area contributed by atoms with Gasteiger partial charge in [-0.25, -0.2) is 0 Å². The first-order valence-electron chi connectivity index (χ1n) is 9.47. The molecule has 0 fully saturated rings. The fraction of sp³-hybridized carbons (Fsp3) is 0.364. The summed E-state index contributed by atoms with van der Waals surface area (Å²) in [6, 6.07) is 16.6. The van der Waals surface area contributed by atoms with E-state index in [-0.39, 0.29) is 6.10 Å². The van der Waals surface area contributed by atoms with Gasteiger partial charge in [0.05, 0.1) is 6.10 Å². The van der Waals surface area contributed by atoms with Gasteiger partial charge in [-0.3, -0.25) is 0 Å². The van der Waals surface area contributed by atoms with E-state index in [1.807, 2.05) is 18.2 Å². The van der Waals surface area contributed by atoms with Crippen LogP contribution in [0.4, 0.5) is 0 Å². The van der Waals surface area contributed by atoms with Gasteiger partial charge in [0, 0.05) is 54.3 Å². The summed E-state index contributed by atoms with van der Waals surface area (Å²) in [7, 11) is 0. The number of para-hydroxylation sites is 1. The second kappa shape index (κ2) is 9.38. The summed E-state index contributed by atoms with van der Waals surface area (Å²) >= 11 is 6.39. The lowest BCUT2D eigenvalue weighted by atomic mass is 10.1. The van der Waals surface area contributed by atoms with Crippen LogP contribution < -0.4 is 10.6 Å². The predicted molar refractivity (Wildman–Crippen MR) is 113 cm³/mol. The molecule has 1 aromatic heterocycles. The summed E-state index contributed by atoms with van der Waals surface area (Å²) < 4.78 is 2.35. The van der Waals surface area contributed by atoms with Crippen LogP contribution in [0.5, 0.6) is 0 Å². The Hall–Kier alpha value is -1.85. The van der Waals surface area contributed by atoms with Gasteiger partial charge in [0.1, 0.15) is 0 Å². The molecular formula is C22H28ClN3O. The molecule has 0 aliphatic carbocycles. The van der Waals surface area contributed by atoms with Crippen molar-refractivity contribution in [2.45, 2.75) is 33.0 Å². The second-order valence-electron chi connectivity index (χ2n) is 6.99. The Kier molecular flexibility index (Phi) is 6.91. The van der Waals surface area contributed by atoms with Crippen molar-refractivity contribution in [3.05, 3.63) is 70.4 Å². The third-order valence-electron chi connectivity index (χ3n) is 4.87. The molecule has 4 nitrogen and oxygen atoms in total. The van der Waals surface area contributed by atoms with Crippen molar-refractivity contribution < 1.29 is 5.11 Å². The minimum atomic E-state index is -0.310. The Morgan fingerprint density at radius 3 is 2.52 bits per heavy atom. The van der Waals surface area contributed by atoms with Crippen molar-refractivity contribution >= 4 is 22.5 Å². The number of aromatic nitrogens is 1. The molecule has 5 heteroatoms. The number of aliphatic hydroxyl groups excluding tert-OH is 1. The summed E-state index contributed by atoms with van der Waals surface area (Å²) in [6.45, 7) is 7.87. The first-order chi connectivity index (χ1) is 13.1. The van der Waals surface area contributed by atoms with Crippen LogP contribution in [0.3, 0.4) is 0 Å². The smallest absolute Gasteiger partial charge is 0.0636 e. The fourth-order valence-corrected chi connectivity index (χ4v) is 3.62. The molecule has 3 rings (SSSR count). The molecule has 1 unspecified atom stereocenters. The molecule has 0 bridgehead atoms. The maximum atomic E-state index is 9.29. The van der Waals surface area contributed by atoms with Gasteiger partial charge in [-0.1, -0.05) is 48.0 Å². The Morgan fingerprint density at radius 1 is 1.04 bits per heavy atom. The number of rotatable bonds is 9. The van der Waals surface area contributed by atoms with Gasteiger partial charge in [-0.05, 0) is 37.1 Å². The Bertz CT molecular complexity index is 888. The molecule has 3 aromatic rings. The van der Waals surface area contributed by atoms with E-state index in [9.17, 15) is 5.11 Å². The summed E-state index contributed by atoms with van der Waals surface area (Å²) in [5, 5.41) is 18.1. The number of hydrogen-bond acceptors (Lipinski definition) is 3. The standard InChI is InChI=1S/C22H28ClN3O/c1-16(27)13-24-11-12-25-14-20-17(2)26(22-10-6-4-8-19(20)22)15-18-7-3-5-9-21(18)23/h3-10,16,24-25,27H,11-15H2,1-2H3. The third kappa shape index (κ3) is 4.90. The minimum Gasteiger partial charge on any atom is -0.392 e. The zero-order valence-corrected chi connectivity index (χ0v) is 16.8. The van der Waals surface area contributed by atoms with E-state index in [4.69, 9.17) is 11.6 Å². The number of fused-ring (bicyclic) bond motifs is 1. The van der Waals surface area contributed by atoms with Gasteiger partial charge < -0.3 is 20.3 Å². The van der Waals surface area contributed by atoms with Crippen LogP contribution in [0.15, 0.2) is 48.5 Å².